The molecule has 0 unspecified atom stereocenters. The number of nitrogens with one attached hydrogen (secondary N) is 1. The molecule has 3 aliphatic rings. The Morgan fingerprint density at radius 1 is 1.04 bits per heavy atom. The summed E-state index contributed by atoms with van der Waals surface area (Å²) in [5, 5.41) is 48.2. The molecule has 1 saturated carbocycles. The van der Waals surface area contributed by atoms with E-state index < -0.39 is 69.9 Å². The number of anilines is 2. The standard InChI is InChI=1S/C31H34N4O10/c1-34(2)19-12-18(33-30(42)45-15-8-6-14(44-5)7-9-15)24(36)21-16(19)10-13-11-17-23(35(3)4)26(38)22(29(32)41)28(40)31(17,43)27(39)20(13)25(21)37/h6-9,12-13,17,23,36-37,40,43H,10-11H2,1-5H3,(H2,32,41)(H,33,42)/t13-,17-,23-,31-/m0/s1. The zero-order valence-electron chi connectivity index (χ0n) is 25.2. The average molecular weight is 623 g/mol. The zero-order valence-corrected chi connectivity index (χ0v) is 25.2. The van der Waals surface area contributed by atoms with Crippen LogP contribution in [-0.4, -0.2) is 95.8 Å². The van der Waals surface area contributed by atoms with Gasteiger partial charge in [-0.05, 0) is 68.8 Å². The van der Waals surface area contributed by atoms with Crippen LogP contribution in [0.25, 0.3) is 5.76 Å². The second-order valence-corrected chi connectivity index (χ2v) is 11.7. The molecular weight excluding hydrogens is 588 g/mol. The first-order chi connectivity index (χ1) is 21.1. The van der Waals surface area contributed by atoms with Gasteiger partial charge in [-0.1, -0.05) is 0 Å². The van der Waals surface area contributed by atoms with E-state index in [1.807, 2.05) is 0 Å². The minimum Gasteiger partial charge on any atom is -0.508 e. The summed E-state index contributed by atoms with van der Waals surface area (Å²) in [4.78, 5) is 55.5. The first-order valence-corrected chi connectivity index (χ1v) is 14.0. The summed E-state index contributed by atoms with van der Waals surface area (Å²) in [6.07, 6.45) is -0.915. The number of fused-ring (bicyclic) bond motifs is 3. The van der Waals surface area contributed by atoms with Crippen molar-refractivity contribution in [2.45, 2.75) is 24.5 Å². The van der Waals surface area contributed by atoms with E-state index in [-0.39, 0.29) is 35.4 Å². The van der Waals surface area contributed by atoms with Gasteiger partial charge in [0.05, 0.1) is 24.4 Å². The number of likely N-dealkylation sites (N-methyl/N-ethyl adjacent to an activating group) is 1. The summed E-state index contributed by atoms with van der Waals surface area (Å²) in [5.74, 6) is -6.91. The van der Waals surface area contributed by atoms with Crippen LogP contribution in [0, 0.1) is 11.8 Å². The van der Waals surface area contributed by atoms with Gasteiger partial charge in [0.25, 0.3) is 5.91 Å². The summed E-state index contributed by atoms with van der Waals surface area (Å²) in [6, 6.07) is 6.49. The van der Waals surface area contributed by atoms with Gasteiger partial charge in [-0.15, -0.1) is 0 Å². The molecule has 45 heavy (non-hydrogen) atoms. The first-order valence-electron chi connectivity index (χ1n) is 14.0. The SMILES string of the molecule is COc1ccc(OC(=O)Nc2cc(N(C)C)c3c(c2O)C(O)=C2C(=O)[C@]4(O)C(O)=C(C(N)=O)C(=O)[C@@H](N(C)C)[C@@H]4C[C@@H]2C3)cc1. The third-order valence-electron chi connectivity index (χ3n) is 8.69. The third kappa shape index (κ3) is 4.82. The van der Waals surface area contributed by atoms with Crippen LogP contribution in [0.1, 0.15) is 17.5 Å². The second kappa shape index (κ2) is 11.1. The number of phenols is 1. The lowest BCUT2D eigenvalue weighted by molar-refractivity contribution is -0.153. The number of hydrogen-bond acceptors (Lipinski definition) is 12. The summed E-state index contributed by atoms with van der Waals surface area (Å²) >= 11 is 0. The predicted molar refractivity (Wildman–Crippen MR) is 161 cm³/mol. The molecule has 14 nitrogen and oxygen atoms in total. The highest BCUT2D eigenvalue weighted by Gasteiger charge is 2.64. The molecule has 0 bridgehead atoms. The summed E-state index contributed by atoms with van der Waals surface area (Å²) < 4.78 is 10.4. The quantitative estimate of drug-likeness (QED) is 0.201. The minimum atomic E-state index is -2.76. The monoisotopic (exact) mass is 622 g/mol. The smallest absolute Gasteiger partial charge is 0.417 e. The topological polar surface area (TPSA) is 212 Å². The number of phenolic OH excluding ortho intramolecular Hbond substituents is 1. The van der Waals surface area contributed by atoms with Crippen LogP contribution in [0.4, 0.5) is 16.2 Å². The van der Waals surface area contributed by atoms with Gasteiger partial charge in [-0.3, -0.25) is 24.6 Å². The molecule has 2 aromatic carbocycles. The number of amides is 2. The van der Waals surface area contributed by atoms with E-state index in [0.29, 0.717) is 17.0 Å². The molecular formula is C31H34N4O10. The zero-order chi connectivity index (χ0) is 33.1. The van der Waals surface area contributed by atoms with E-state index in [2.05, 4.69) is 5.32 Å². The van der Waals surface area contributed by atoms with Crippen molar-refractivity contribution in [1.29, 1.82) is 0 Å². The van der Waals surface area contributed by atoms with Crippen molar-refractivity contribution in [1.82, 2.24) is 4.90 Å². The molecule has 3 aliphatic carbocycles. The van der Waals surface area contributed by atoms with Gasteiger partial charge in [-0.25, -0.2) is 4.79 Å². The van der Waals surface area contributed by atoms with Gasteiger partial charge >= 0.3 is 6.09 Å². The number of primary amides is 1. The third-order valence-corrected chi connectivity index (χ3v) is 8.69. The van der Waals surface area contributed by atoms with Gasteiger partial charge in [-0.2, -0.15) is 0 Å². The highest BCUT2D eigenvalue weighted by atomic mass is 16.6. The normalized spacial score (nSPS) is 24.1. The van der Waals surface area contributed by atoms with Gasteiger partial charge in [0.1, 0.15) is 28.6 Å². The van der Waals surface area contributed by atoms with Crippen LogP contribution in [0.15, 0.2) is 47.2 Å². The fraction of sp³-hybridized carbons (Fsp3) is 0.355. The minimum absolute atomic E-state index is 0.0480. The highest BCUT2D eigenvalue weighted by Crippen LogP contribution is 2.54. The van der Waals surface area contributed by atoms with Crippen molar-refractivity contribution < 1.29 is 49.1 Å². The Balaban J connectivity index is 1.61. The van der Waals surface area contributed by atoms with E-state index in [1.165, 1.54) is 44.3 Å². The summed E-state index contributed by atoms with van der Waals surface area (Å²) in [5.41, 5.74) is 2.03. The maximum atomic E-state index is 14.1. The Kier molecular flexibility index (Phi) is 7.75. The molecule has 0 aliphatic heterocycles. The summed E-state index contributed by atoms with van der Waals surface area (Å²) in [6.45, 7) is 0. The molecule has 0 heterocycles. The van der Waals surface area contributed by atoms with Crippen molar-refractivity contribution in [2.24, 2.45) is 17.6 Å². The molecule has 0 saturated heterocycles. The molecule has 0 aromatic heterocycles. The molecule has 0 spiro atoms. The molecule has 7 N–H and O–H groups in total. The van der Waals surface area contributed by atoms with Crippen LogP contribution in [0.5, 0.6) is 17.2 Å². The predicted octanol–water partition coefficient (Wildman–Crippen LogP) is 1.65. The number of aliphatic hydroxyl groups is 3. The van der Waals surface area contributed by atoms with Crippen LogP contribution >= 0.6 is 0 Å². The number of nitrogens with zero attached hydrogens (tertiary/aromatic N) is 2. The Hall–Kier alpha value is -5.08. The number of ketones is 2. The summed E-state index contributed by atoms with van der Waals surface area (Å²) in [7, 11) is 7.98. The van der Waals surface area contributed by atoms with Crippen LogP contribution in [0.2, 0.25) is 0 Å². The number of methoxy groups -OCH3 is 1. The number of carbonyl (C=O) groups excluding carboxylic acids is 4. The number of hydrogen-bond donors (Lipinski definition) is 6. The lowest BCUT2D eigenvalue weighted by Gasteiger charge is -2.50. The molecule has 4 atom stereocenters. The van der Waals surface area contributed by atoms with Crippen molar-refractivity contribution in [2.75, 3.05) is 45.5 Å². The molecule has 1 fully saturated rings. The van der Waals surface area contributed by atoms with Crippen molar-refractivity contribution in [3.63, 3.8) is 0 Å². The van der Waals surface area contributed by atoms with Gasteiger partial charge in [0.2, 0.25) is 5.78 Å². The Morgan fingerprint density at radius 3 is 2.22 bits per heavy atom. The molecule has 14 heteroatoms. The van der Waals surface area contributed by atoms with Gasteiger partial charge in [0.15, 0.2) is 17.1 Å². The fourth-order valence-electron chi connectivity index (χ4n) is 6.67. The first kappa shape index (κ1) is 31.3. The molecule has 2 amide bonds. The number of Topliss-reactive ketones (excluding diaryl/α,β-unsaturated/α-hetero) is 2. The largest absolute Gasteiger partial charge is 0.508 e. The average Bonchev–Trinajstić information content (AvgIpc) is 2.96. The van der Waals surface area contributed by atoms with E-state index in [0.717, 1.165) is 0 Å². The molecule has 2 aromatic rings. The molecule has 5 rings (SSSR count). The number of carbonyl (C=O) groups is 4. The molecule has 238 valence electrons. The van der Waals surface area contributed by atoms with E-state index in [1.54, 1.807) is 31.1 Å². The lowest BCUT2D eigenvalue weighted by Crippen LogP contribution is -2.65. The van der Waals surface area contributed by atoms with Gasteiger partial charge < -0.3 is 40.5 Å². The van der Waals surface area contributed by atoms with Crippen molar-refractivity contribution >= 4 is 40.7 Å². The van der Waals surface area contributed by atoms with Gasteiger partial charge in [0, 0.05) is 31.3 Å². The fourth-order valence-corrected chi connectivity index (χ4v) is 6.67. The van der Waals surface area contributed by atoms with E-state index >= 15 is 0 Å². The van der Waals surface area contributed by atoms with Crippen LogP contribution < -0.4 is 25.4 Å². The highest BCUT2D eigenvalue weighted by molar-refractivity contribution is 6.24. The van der Waals surface area contributed by atoms with E-state index in [9.17, 15) is 39.6 Å². The van der Waals surface area contributed by atoms with Crippen LogP contribution in [0.3, 0.4) is 0 Å². The Bertz CT molecular complexity index is 1690. The van der Waals surface area contributed by atoms with Crippen LogP contribution in [-0.2, 0) is 20.8 Å². The maximum Gasteiger partial charge on any atom is 0.417 e. The molecule has 0 radical (unpaired) electrons. The van der Waals surface area contributed by atoms with E-state index in [4.69, 9.17) is 15.2 Å². The Labute approximate surface area is 257 Å². The number of nitrogens with two attached hydrogens (primary N) is 1. The number of benzene rings is 2. The number of aliphatic hydroxyl groups excluding tert-OH is 2. The number of ether oxygens (including phenoxy) is 2. The lowest BCUT2D eigenvalue weighted by atomic mass is 9.57. The second-order valence-electron chi connectivity index (χ2n) is 11.7. The number of rotatable bonds is 6. The Morgan fingerprint density at radius 2 is 1.67 bits per heavy atom. The van der Waals surface area contributed by atoms with Crippen molar-refractivity contribution in [3.8, 4) is 17.2 Å². The maximum absolute atomic E-state index is 14.1. The van der Waals surface area contributed by atoms with Crippen molar-refractivity contribution in [3.05, 3.63) is 58.4 Å². The number of aromatic hydroxyl groups is 1.